The van der Waals surface area contributed by atoms with Crippen LogP contribution in [0.25, 0.3) is 0 Å². The van der Waals surface area contributed by atoms with Crippen molar-refractivity contribution in [3.05, 3.63) is 0 Å². The molecule has 1 N–H and O–H groups in total. The zero-order chi connectivity index (χ0) is 12.2. The molecule has 1 saturated carbocycles. The Morgan fingerprint density at radius 1 is 0.833 bits per heavy atom. The van der Waals surface area contributed by atoms with E-state index in [4.69, 9.17) is 0 Å². The first-order chi connectivity index (χ1) is 8.92. The van der Waals surface area contributed by atoms with Crippen molar-refractivity contribution in [3.63, 3.8) is 0 Å². The highest BCUT2D eigenvalue weighted by atomic mass is 15.1. The van der Waals surface area contributed by atoms with Crippen molar-refractivity contribution in [1.82, 2.24) is 10.2 Å². The fourth-order valence-electron chi connectivity index (χ4n) is 4.39. The van der Waals surface area contributed by atoms with E-state index in [0.29, 0.717) is 0 Å². The highest BCUT2D eigenvalue weighted by Gasteiger charge is 2.29. The summed E-state index contributed by atoms with van der Waals surface area (Å²) < 4.78 is 0. The minimum absolute atomic E-state index is 0.863. The van der Waals surface area contributed by atoms with Gasteiger partial charge in [0.05, 0.1) is 0 Å². The molecule has 1 atom stereocenters. The Bertz CT molecular complexity index is 233. The van der Waals surface area contributed by atoms with Crippen LogP contribution in [0, 0.1) is 11.8 Å². The van der Waals surface area contributed by atoms with Gasteiger partial charge in [-0.15, -0.1) is 0 Å². The Kier molecular flexibility index (Phi) is 4.58. The number of rotatable bonds is 3. The molecule has 0 aromatic rings. The van der Waals surface area contributed by atoms with Crippen molar-refractivity contribution in [3.8, 4) is 0 Å². The number of likely N-dealkylation sites (tertiary alicyclic amines) is 1. The van der Waals surface area contributed by atoms with Crippen molar-refractivity contribution in [2.24, 2.45) is 11.8 Å². The molecule has 2 nitrogen and oxygen atoms in total. The molecule has 2 heterocycles. The van der Waals surface area contributed by atoms with Crippen molar-refractivity contribution in [2.45, 2.75) is 63.8 Å². The van der Waals surface area contributed by atoms with Gasteiger partial charge in [-0.1, -0.05) is 19.3 Å². The van der Waals surface area contributed by atoms with Crippen LogP contribution in [-0.4, -0.2) is 37.1 Å². The Balaban J connectivity index is 1.39. The van der Waals surface area contributed by atoms with Crippen LogP contribution in [0.3, 0.4) is 0 Å². The van der Waals surface area contributed by atoms with E-state index < -0.39 is 0 Å². The van der Waals surface area contributed by atoms with Crippen LogP contribution in [0.5, 0.6) is 0 Å². The van der Waals surface area contributed by atoms with Crippen molar-refractivity contribution in [1.29, 1.82) is 0 Å². The van der Waals surface area contributed by atoms with Crippen molar-refractivity contribution >= 4 is 0 Å². The highest BCUT2D eigenvalue weighted by molar-refractivity contribution is 4.86. The molecule has 18 heavy (non-hydrogen) atoms. The molecule has 0 aromatic carbocycles. The molecule has 0 radical (unpaired) electrons. The third-order valence-electron chi connectivity index (χ3n) is 5.54. The third kappa shape index (κ3) is 3.27. The fraction of sp³-hybridized carbons (Fsp3) is 1.00. The molecule has 3 aliphatic rings. The molecule has 1 unspecified atom stereocenters. The van der Waals surface area contributed by atoms with Crippen LogP contribution >= 0.6 is 0 Å². The van der Waals surface area contributed by atoms with E-state index in [1.165, 1.54) is 84.0 Å². The predicted molar refractivity (Wildman–Crippen MR) is 76.8 cm³/mol. The van der Waals surface area contributed by atoms with Gasteiger partial charge in [-0.25, -0.2) is 0 Å². The fourth-order valence-corrected chi connectivity index (χ4v) is 4.39. The van der Waals surface area contributed by atoms with Gasteiger partial charge in [-0.3, -0.25) is 0 Å². The van der Waals surface area contributed by atoms with Gasteiger partial charge in [0.25, 0.3) is 0 Å². The summed E-state index contributed by atoms with van der Waals surface area (Å²) in [6.45, 7) is 5.43. The highest BCUT2D eigenvalue weighted by Crippen LogP contribution is 2.28. The average molecular weight is 250 g/mol. The molecule has 0 spiro atoms. The summed E-state index contributed by atoms with van der Waals surface area (Å²) >= 11 is 0. The summed E-state index contributed by atoms with van der Waals surface area (Å²) in [5.74, 6) is 2.01. The van der Waals surface area contributed by atoms with Gasteiger partial charge >= 0.3 is 0 Å². The lowest BCUT2D eigenvalue weighted by Crippen LogP contribution is -2.42. The van der Waals surface area contributed by atoms with E-state index in [1.54, 1.807) is 0 Å². The van der Waals surface area contributed by atoms with Crippen LogP contribution in [0.2, 0.25) is 0 Å². The second kappa shape index (κ2) is 6.38. The largest absolute Gasteiger partial charge is 0.314 e. The summed E-state index contributed by atoms with van der Waals surface area (Å²) in [5, 5.41) is 3.70. The summed E-state index contributed by atoms with van der Waals surface area (Å²) in [6, 6.07) is 0.863. The van der Waals surface area contributed by atoms with Gasteiger partial charge in [0.1, 0.15) is 0 Å². The van der Waals surface area contributed by atoms with Crippen LogP contribution in [0.15, 0.2) is 0 Å². The summed E-state index contributed by atoms with van der Waals surface area (Å²) in [7, 11) is 0. The van der Waals surface area contributed by atoms with Crippen LogP contribution in [0.4, 0.5) is 0 Å². The second-order valence-corrected chi connectivity index (χ2v) is 6.84. The van der Waals surface area contributed by atoms with E-state index in [2.05, 4.69) is 10.2 Å². The number of hydrogen-bond acceptors (Lipinski definition) is 2. The molecule has 3 rings (SSSR count). The van der Waals surface area contributed by atoms with Crippen LogP contribution in [-0.2, 0) is 0 Å². The van der Waals surface area contributed by atoms with Crippen molar-refractivity contribution in [2.75, 3.05) is 26.2 Å². The summed E-state index contributed by atoms with van der Waals surface area (Å²) in [6.07, 6.45) is 13.2. The molecular weight excluding hydrogens is 220 g/mol. The van der Waals surface area contributed by atoms with Gasteiger partial charge in [0, 0.05) is 12.6 Å². The maximum Gasteiger partial charge on any atom is 0.00967 e. The lowest BCUT2D eigenvalue weighted by Gasteiger charge is -2.37. The first-order valence-electron chi connectivity index (χ1n) is 8.37. The zero-order valence-corrected chi connectivity index (χ0v) is 11.9. The lowest BCUT2D eigenvalue weighted by molar-refractivity contribution is 0.132. The molecular formula is C16H30N2. The molecule has 104 valence electrons. The smallest absolute Gasteiger partial charge is 0.00967 e. The first-order valence-corrected chi connectivity index (χ1v) is 8.37. The summed E-state index contributed by atoms with van der Waals surface area (Å²) in [4.78, 5) is 2.77. The maximum atomic E-state index is 3.70. The van der Waals surface area contributed by atoms with Gasteiger partial charge < -0.3 is 10.2 Å². The average Bonchev–Trinajstić information content (AvgIpc) is 2.95. The van der Waals surface area contributed by atoms with Crippen LogP contribution < -0.4 is 5.32 Å². The van der Waals surface area contributed by atoms with Gasteiger partial charge in [0.2, 0.25) is 0 Å². The minimum atomic E-state index is 0.863. The summed E-state index contributed by atoms with van der Waals surface area (Å²) in [5.41, 5.74) is 0. The Morgan fingerprint density at radius 2 is 1.61 bits per heavy atom. The zero-order valence-electron chi connectivity index (χ0n) is 11.9. The Hall–Kier alpha value is -0.0800. The standard InChI is InChI=1S/C16H30N2/c1-2-5-14(6-3-1)13-18-11-8-15(9-12-18)16-7-4-10-17-16/h14-17H,1-13H2. The topological polar surface area (TPSA) is 15.3 Å². The van der Waals surface area contributed by atoms with Crippen LogP contribution in [0.1, 0.15) is 57.8 Å². The molecule has 0 amide bonds. The molecule has 2 aliphatic heterocycles. The van der Waals surface area contributed by atoms with Crippen molar-refractivity contribution < 1.29 is 0 Å². The maximum absolute atomic E-state index is 3.70. The predicted octanol–water partition coefficient (Wildman–Crippen LogP) is 3.03. The first kappa shape index (κ1) is 12.9. The van der Waals surface area contributed by atoms with Gasteiger partial charge in [-0.2, -0.15) is 0 Å². The molecule has 2 heteroatoms. The van der Waals surface area contributed by atoms with E-state index in [1.807, 2.05) is 0 Å². The third-order valence-corrected chi connectivity index (χ3v) is 5.54. The van der Waals surface area contributed by atoms with E-state index in [9.17, 15) is 0 Å². The van der Waals surface area contributed by atoms with E-state index in [-0.39, 0.29) is 0 Å². The number of nitrogens with one attached hydrogen (secondary N) is 1. The second-order valence-electron chi connectivity index (χ2n) is 6.84. The van der Waals surface area contributed by atoms with Gasteiger partial charge in [0.15, 0.2) is 0 Å². The molecule has 0 bridgehead atoms. The minimum Gasteiger partial charge on any atom is -0.314 e. The van der Waals surface area contributed by atoms with Gasteiger partial charge in [-0.05, 0) is 70.0 Å². The quantitative estimate of drug-likeness (QED) is 0.828. The molecule has 0 aromatic heterocycles. The van der Waals surface area contributed by atoms with E-state index >= 15 is 0 Å². The number of piperidine rings is 1. The Morgan fingerprint density at radius 3 is 2.28 bits per heavy atom. The normalized spacial score (nSPS) is 33.0. The Labute approximate surface area is 113 Å². The lowest BCUT2D eigenvalue weighted by atomic mass is 9.86. The molecule has 2 saturated heterocycles. The number of hydrogen-bond donors (Lipinski definition) is 1. The number of nitrogens with zero attached hydrogens (tertiary/aromatic N) is 1. The monoisotopic (exact) mass is 250 g/mol. The SMILES string of the molecule is C1CCC(CN2CCC(C3CCCN3)CC2)CC1. The molecule has 1 aliphatic carbocycles. The molecule has 3 fully saturated rings. The van der Waals surface area contributed by atoms with E-state index in [0.717, 1.165) is 17.9 Å².